The first-order chi connectivity index (χ1) is 12.8. The number of sulfonamides is 1. The molecule has 10 heteroatoms. The Morgan fingerprint density at radius 3 is 2.30 bits per heavy atom. The van der Waals surface area contributed by atoms with Crippen molar-refractivity contribution in [1.82, 2.24) is 4.31 Å². The van der Waals surface area contributed by atoms with Crippen molar-refractivity contribution in [1.29, 1.82) is 0 Å². The molecule has 3 rings (SSSR count). The van der Waals surface area contributed by atoms with Crippen LogP contribution in [0.3, 0.4) is 0 Å². The zero-order chi connectivity index (χ0) is 19.6. The maximum absolute atomic E-state index is 12.8. The number of morpholine rings is 1. The van der Waals surface area contributed by atoms with Crippen molar-refractivity contribution < 1.29 is 17.9 Å². The van der Waals surface area contributed by atoms with Gasteiger partial charge in [-0.15, -0.1) is 0 Å². The van der Waals surface area contributed by atoms with Crippen LogP contribution in [0, 0.1) is 0 Å². The van der Waals surface area contributed by atoms with Crippen LogP contribution in [0.25, 0.3) is 0 Å². The second-order valence-electron chi connectivity index (χ2n) is 5.74. The highest BCUT2D eigenvalue weighted by Gasteiger charge is 2.27. The predicted molar refractivity (Wildman–Crippen MR) is 105 cm³/mol. The molecule has 0 aliphatic carbocycles. The fraction of sp³-hybridized carbons (Fsp3) is 0.235. The molecule has 1 aliphatic heterocycles. The molecule has 0 bridgehead atoms. The number of hydrogen-bond donors (Lipinski definition) is 1. The number of ether oxygens (including phenoxy) is 1. The molecule has 1 aliphatic rings. The number of hydrogen-bond acceptors (Lipinski definition) is 4. The van der Waals surface area contributed by atoms with E-state index in [0.29, 0.717) is 23.9 Å². The van der Waals surface area contributed by atoms with Crippen molar-refractivity contribution in [2.24, 2.45) is 0 Å². The van der Waals surface area contributed by atoms with Crippen LogP contribution in [0.5, 0.6) is 0 Å². The number of amides is 1. The second kappa shape index (κ2) is 8.34. The van der Waals surface area contributed by atoms with Crippen LogP contribution in [0.15, 0.2) is 41.3 Å². The minimum atomic E-state index is -3.74. The van der Waals surface area contributed by atoms with Crippen LogP contribution in [-0.4, -0.2) is 44.9 Å². The molecule has 27 heavy (non-hydrogen) atoms. The Bertz CT molecular complexity index is 976. The van der Waals surface area contributed by atoms with Crippen LogP contribution < -0.4 is 5.32 Å². The van der Waals surface area contributed by atoms with E-state index in [0.717, 1.165) is 0 Å². The van der Waals surface area contributed by atoms with Crippen molar-refractivity contribution in [3.8, 4) is 0 Å². The average Bonchev–Trinajstić information content (AvgIpc) is 2.65. The van der Waals surface area contributed by atoms with Gasteiger partial charge in [0.15, 0.2) is 0 Å². The fourth-order valence-electron chi connectivity index (χ4n) is 2.55. The van der Waals surface area contributed by atoms with Gasteiger partial charge in [0.25, 0.3) is 5.91 Å². The first-order valence-corrected chi connectivity index (χ1v) is 10.5. The maximum atomic E-state index is 12.8. The molecule has 2 aromatic rings. The summed E-state index contributed by atoms with van der Waals surface area (Å²) in [5.41, 5.74) is 0.448. The molecule has 1 N–H and O–H groups in total. The van der Waals surface area contributed by atoms with Gasteiger partial charge in [-0.3, -0.25) is 4.79 Å². The Morgan fingerprint density at radius 2 is 1.63 bits per heavy atom. The van der Waals surface area contributed by atoms with Crippen molar-refractivity contribution >= 4 is 56.4 Å². The van der Waals surface area contributed by atoms with Gasteiger partial charge >= 0.3 is 0 Å². The first-order valence-electron chi connectivity index (χ1n) is 7.93. The molecule has 1 saturated heterocycles. The summed E-state index contributed by atoms with van der Waals surface area (Å²) >= 11 is 17.9. The third-order valence-corrected chi connectivity index (χ3v) is 6.93. The van der Waals surface area contributed by atoms with Gasteiger partial charge < -0.3 is 10.1 Å². The van der Waals surface area contributed by atoms with Crippen molar-refractivity contribution in [2.75, 3.05) is 31.6 Å². The van der Waals surface area contributed by atoms with Crippen LogP contribution in [0.1, 0.15) is 10.4 Å². The largest absolute Gasteiger partial charge is 0.379 e. The number of carbonyl (C=O) groups is 1. The van der Waals surface area contributed by atoms with E-state index in [4.69, 9.17) is 39.5 Å². The van der Waals surface area contributed by atoms with Crippen molar-refractivity contribution in [3.05, 3.63) is 57.0 Å². The Balaban J connectivity index is 1.88. The third kappa shape index (κ3) is 4.56. The zero-order valence-electron chi connectivity index (χ0n) is 13.9. The zero-order valence-corrected chi connectivity index (χ0v) is 17.0. The summed E-state index contributed by atoms with van der Waals surface area (Å²) in [5.74, 6) is -0.558. The Morgan fingerprint density at radius 1 is 0.963 bits per heavy atom. The lowest BCUT2D eigenvalue weighted by atomic mass is 10.2. The molecule has 1 heterocycles. The Kier molecular flexibility index (Phi) is 6.30. The van der Waals surface area contributed by atoms with E-state index >= 15 is 0 Å². The van der Waals surface area contributed by atoms with E-state index in [2.05, 4.69) is 5.32 Å². The lowest BCUT2D eigenvalue weighted by molar-refractivity contribution is 0.0730. The number of carbonyl (C=O) groups excluding carboxylic acids is 1. The van der Waals surface area contributed by atoms with Gasteiger partial charge in [0, 0.05) is 18.8 Å². The van der Waals surface area contributed by atoms with Gasteiger partial charge in [0.1, 0.15) is 0 Å². The first kappa shape index (κ1) is 20.4. The van der Waals surface area contributed by atoms with Crippen molar-refractivity contribution in [2.45, 2.75) is 4.90 Å². The Hall–Kier alpha value is -1.35. The monoisotopic (exact) mass is 448 g/mol. The Labute approximate surface area is 172 Å². The van der Waals surface area contributed by atoms with Crippen LogP contribution in [0.4, 0.5) is 5.69 Å². The van der Waals surface area contributed by atoms with Gasteiger partial charge in [0.05, 0.1) is 38.7 Å². The highest BCUT2D eigenvalue weighted by molar-refractivity contribution is 7.89. The highest BCUT2D eigenvalue weighted by atomic mass is 35.5. The second-order valence-corrected chi connectivity index (χ2v) is 8.90. The quantitative estimate of drug-likeness (QED) is 0.767. The average molecular weight is 450 g/mol. The topological polar surface area (TPSA) is 75.7 Å². The number of benzene rings is 2. The van der Waals surface area contributed by atoms with E-state index in [9.17, 15) is 13.2 Å². The molecule has 0 spiro atoms. The van der Waals surface area contributed by atoms with E-state index in [1.165, 1.54) is 28.6 Å². The van der Waals surface area contributed by atoms with Gasteiger partial charge in [-0.05, 0) is 36.4 Å². The molecule has 1 amide bonds. The molecule has 0 saturated carbocycles. The van der Waals surface area contributed by atoms with E-state index in [1.807, 2.05) is 0 Å². The van der Waals surface area contributed by atoms with Gasteiger partial charge in [-0.2, -0.15) is 4.31 Å². The summed E-state index contributed by atoms with van der Waals surface area (Å²) in [6, 6.07) is 8.64. The lowest BCUT2D eigenvalue weighted by Gasteiger charge is -2.26. The minimum Gasteiger partial charge on any atom is -0.379 e. The van der Waals surface area contributed by atoms with Crippen LogP contribution >= 0.6 is 34.8 Å². The van der Waals surface area contributed by atoms with Gasteiger partial charge in [0.2, 0.25) is 10.0 Å². The summed E-state index contributed by atoms with van der Waals surface area (Å²) in [6.45, 7) is 1.18. The number of nitrogens with zero attached hydrogens (tertiary/aromatic N) is 1. The fourth-order valence-corrected chi connectivity index (χ4v) is 4.48. The summed E-state index contributed by atoms with van der Waals surface area (Å²) in [7, 11) is -3.74. The number of rotatable bonds is 4. The molecule has 2 aromatic carbocycles. The predicted octanol–water partition coefficient (Wildman–Crippen LogP) is 3.92. The van der Waals surface area contributed by atoms with Gasteiger partial charge in [-0.25, -0.2) is 8.42 Å². The third-order valence-electron chi connectivity index (χ3n) is 3.97. The molecule has 0 radical (unpaired) electrons. The number of halogens is 3. The molecular formula is C17H15Cl3N2O4S. The summed E-state index contributed by atoms with van der Waals surface area (Å²) in [5, 5.41) is 3.40. The summed E-state index contributed by atoms with van der Waals surface area (Å²) in [6.07, 6.45) is 0. The highest BCUT2D eigenvalue weighted by Crippen LogP contribution is 2.27. The summed E-state index contributed by atoms with van der Waals surface area (Å²) in [4.78, 5) is 12.6. The molecule has 144 valence electrons. The summed E-state index contributed by atoms with van der Waals surface area (Å²) < 4.78 is 32.1. The normalized spacial score (nSPS) is 15.5. The molecule has 1 fully saturated rings. The molecular weight excluding hydrogens is 435 g/mol. The molecule has 0 unspecified atom stereocenters. The number of nitrogens with one attached hydrogen (secondary N) is 1. The molecule has 0 aromatic heterocycles. The van der Waals surface area contributed by atoms with Crippen molar-refractivity contribution in [3.63, 3.8) is 0 Å². The lowest BCUT2D eigenvalue weighted by Crippen LogP contribution is -2.40. The van der Waals surface area contributed by atoms with Gasteiger partial charge in [-0.1, -0.05) is 34.8 Å². The SMILES string of the molecule is O=C(Nc1ccc(Cl)c(Cl)c1)c1cc(S(=O)(=O)N2CCOCC2)ccc1Cl. The standard InChI is InChI=1S/C17H15Cl3N2O4S/c18-14-4-2-12(27(24,25)22-5-7-26-8-6-22)10-13(14)17(23)21-11-1-3-15(19)16(20)9-11/h1-4,9-10H,5-8H2,(H,21,23). The molecule has 6 nitrogen and oxygen atoms in total. The van der Waals surface area contributed by atoms with Crippen LogP contribution in [-0.2, 0) is 14.8 Å². The van der Waals surface area contributed by atoms with E-state index in [1.54, 1.807) is 12.1 Å². The van der Waals surface area contributed by atoms with Crippen LogP contribution in [0.2, 0.25) is 15.1 Å². The smallest absolute Gasteiger partial charge is 0.257 e. The molecule has 0 atom stereocenters. The minimum absolute atomic E-state index is 0.00640. The van der Waals surface area contributed by atoms with E-state index < -0.39 is 15.9 Å². The maximum Gasteiger partial charge on any atom is 0.257 e. The number of anilines is 1. The van der Waals surface area contributed by atoms with E-state index in [-0.39, 0.29) is 33.6 Å².